The van der Waals surface area contributed by atoms with Gasteiger partial charge < -0.3 is 9.64 Å². The van der Waals surface area contributed by atoms with Crippen LogP contribution in [-0.2, 0) is 4.74 Å². The molecule has 0 N–H and O–H groups in total. The van der Waals surface area contributed by atoms with Crippen molar-refractivity contribution in [3.63, 3.8) is 0 Å². The summed E-state index contributed by atoms with van der Waals surface area (Å²) in [6, 6.07) is 0. The van der Waals surface area contributed by atoms with Crippen LogP contribution in [0.3, 0.4) is 0 Å². The highest BCUT2D eigenvalue weighted by molar-refractivity contribution is 7.13. The van der Waals surface area contributed by atoms with Crippen LogP contribution in [-0.4, -0.2) is 47.4 Å². The molecule has 0 radical (unpaired) electrons. The van der Waals surface area contributed by atoms with Gasteiger partial charge in [-0.05, 0) is 20.8 Å². The Hall–Kier alpha value is -0.340. The van der Waals surface area contributed by atoms with Crippen LogP contribution in [0.1, 0.15) is 20.8 Å². The fourth-order valence-corrected chi connectivity index (χ4v) is 1.46. The van der Waals surface area contributed by atoms with Gasteiger partial charge in [0.25, 0.3) is 0 Å². The first kappa shape index (κ1) is 11.7. The van der Waals surface area contributed by atoms with Gasteiger partial charge in [0, 0.05) is 26.2 Å². The molecular formula is C9H19N2O2P. The van der Waals surface area contributed by atoms with Gasteiger partial charge in [-0.25, -0.2) is 4.79 Å². The Morgan fingerprint density at radius 1 is 1.21 bits per heavy atom. The van der Waals surface area contributed by atoms with Crippen LogP contribution < -0.4 is 0 Å². The molecule has 82 valence electrons. The van der Waals surface area contributed by atoms with E-state index in [0.29, 0.717) is 0 Å². The summed E-state index contributed by atoms with van der Waals surface area (Å²) in [7, 11) is 2.65. The molecule has 0 aromatic rings. The molecule has 1 aliphatic heterocycles. The number of piperazine rings is 1. The lowest BCUT2D eigenvalue weighted by molar-refractivity contribution is 0.0197. The molecule has 4 nitrogen and oxygen atoms in total. The third-order valence-corrected chi connectivity index (χ3v) is 2.48. The number of nitrogens with zero attached hydrogens (tertiary/aromatic N) is 2. The fraction of sp³-hybridized carbons (Fsp3) is 0.889. The van der Waals surface area contributed by atoms with Crippen LogP contribution >= 0.6 is 9.39 Å². The molecule has 5 heteroatoms. The van der Waals surface area contributed by atoms with Crippen molar-refractivity contribution in [1.82, 2.24) is 9.57 Å². The summed E-state index contributed by atoms with van der Waals surface area (Å²) >= 11 is 0. The molecule has 0 saturated carbocycles. The number of carbonyl (C=O) groups excluding carboxylic acids is 1. The standard InChI is InChI=1S/C9H19N2O2P/c1-9(2,3)13-8(12)10-4-6-11(14)7-5-10/h4-7,14H2,1-3H3. The molecule has 0 aromatic heterocycles. The van der Waals surface area contributed by atoms with Gasteiger partial charge in [-0.3, -0.25) is 4.67 Å². The van der Waals surface area contributed by atoms with Gasteiger partial charge in [-0.2, -0.15) is 0 Å². The number of ether oxygens (including phenoxy) is 1. The van der Waals surface area contributed by atoms with Gasteiger partial charge in [0.15, 0.2) is 0 Å². The molecule has 0 aromatic carbocycles. The monoisotopic (exact) mass is 218 g/mol. The van der Waals surface area contributed by atoms with Crippen molar-refractivity contribution in [2.45, 2.75) is 26.4 Å². The van der Waals surface area contributed by atoms with Gasteiger partial charge in [-0.1, -0.05) is 9.39 Å². The number of rotatable bonds is 0. The van der Waals surface area contributed by atoms with E-state index >= 15 is 0 Å². The second kappa shape index (κ2) is 4.45. The molecular weight excluding hydrogens is 199 g/mol. The highest BCUT2D eigenvalue weighted by atomic mass is 31.0. The first-order valence-electron chi connectivity index (χ1n) is 4.86. The normalized spacial score (nSPS) is 19.6. The van der Waals surface area contributed by atoms with E-state index in [2.05, 4.69) is 14.1 Å². The zero-order valence-electron chi connectivity index (χ0n) is 9.12. The Kier molecular flexibility index (Phi) is 3.73. The molecule has 1 amide bonds. The summed E-state index contributed by atoms with van der Waals surface area (Å²) < 4.78 is 7.40. The molecule has 1 rings (SSSR count). The lowest BCUT2D eigenvalue weighted by Gasteiger charge is -2.33. The smallest absolute Gasteiger partial charge is 0.410 e. The quantitative estimate of drug-likeness (QED) is 0.575. The maximum absolute atomic E-state index is 11.6. The van der Waals surface area contributed by atoms with Crippen molar-refractivity contribution >= 4 is 15.5 Å². The molecule has 1 atom stereocenters. The van der Waals surface area contributed by atoms with Gasteiger partial charge in [0.1, 0.15) is 5.60 Å². The molecule has 1 unspecified atom stereocenters. The predicted molar refractivity (Wildman–Crippen MR) is 59.1 cm³/mol. The number of hydrogen-bond acceptors (Lipinski definition) is 3. The average molecular weight is 218 g/mol. The van der Waals surface area contributed by atoms with Crippen molar-refractivity contribution in [3.8, 4) is 0 Å². The van der Waals surface area contributed by atoms with Crippen LogP contribution in [0, 0.1) is 0 Å². The highest BCUT2D eigenvalue weighted by Gasteiger charge is 2.24. The molecule has 1 aliphatic rings. The summed E-state index contributed by atoms with van der Waals surface area (Å²) in [5, 5.41) is 0. The minimum atomic E-state index is -0.394. The SMILES string of the molecule is CC(C)(C)OC(=O)N1CCN(P)CC1. The Morgan fingerprint density at radius 3 is 2.14 bits per heavy atom. The maximum Gasteiger partial charge on any atom is 0.410 e. The van der Waals surface area contributed by atoms with E-state index in [0.717, 1.165) is 26.2 Å². The van der Waals surface area contributed by atoms with Crippen LogP contribution in [0.2, 0.25) is 0 Å². The zero-order valence-corrected chi connectivity index (χ0v) is 10.3. The van der Waals surface area contributed by atoms with E-state index < -0.39 is 5.60 Å². The van der Waals surface area contributed by atoms with Crippen molar-refractivity contribution in [2.24, 2.45) is 0 Å². The Bertz CT molecular complexity index is 207. The third-order valence-electron chi connectivity index (χ3n) is 1.97. The fourth-order valence-electron chi connectivity index (χ4n) is 1.23. The molecule has 14 heavy (non-hydrogen) atoms. The first-order chi connectivity index (χ1) is 6.38. The lowest BCUT2D eigenvalue weighted by Crippen LogP contribution is -2.47. The number of amides is 1. The number of hydrogen-bond donors (Lipinski definition) is 0. The summed E-state index contributed by atoms with van der Waals surface area (Å²) in [4.78, 5) is 13.4. The molecule has 0 bridgehead atoms. The van der Waals surface area contributed by atoms with E-state index in [1.165, 1.54) is 0 Å². The average Bonchev–Trinajstić information content (AvgIpc) is 2.02. The Morgan fingerprint density at radius 2 is 1.71 bits per heavy atom. The number of carbonyl (C=O) groups is 1. The second-order valence-electron chi connectivity index (χ2n) is 4.50. The topological polar surface area (TPSA) is 32.8 Å². The lowest BCUT2D eigenvalue weighted by atomic mass is 10.2. The molecule has 1 heterocycles. The molecule has 0 spiro atoms. The van der Waals surface area contributed by atoms with Crippen molar-refractivity contribution < 1.29 is 9.53 Å². The molecule has 0 aliphatic carbocycles. The van der Waals surface area contributed by atoms with Crippen molar-refractivity contribution in [1.29, 1.82) is 0 Å². The summed E-state index contributed by atoms with van der Waals surface area (Å²) in [5.74, 6) is 0. The minimum absolute atomic E-state index is 0.199. The second-order valence-corrected chi connectivity index (χ2v) is 5.23. The highest BCUT2D eigenvalue weighted by Crippen LogP contribution is 2.12. The van der Waals surface area contributed by atoms with E-state index in [-0.39, 0.29) is 6.09 Å². The third kappa shape index (κ3) is 3.81. The van der Waals surface area contributed by atoms with Crippen molar-refractivity contribution in [2.75, 3.05) is 26.2 Å². The van der Waals surface area contributed by atoms with Crippen molar-refractivity contribution in [3.05, 3.63) is 0 Å². The Balaban J connectivity index is 2.38. The minimum Gasteiger partial charge on any atom is -0.444 e. The van der Waals surface area contributed by atoms with E-state index in [1.54, 1.807) is 4.90 Å². The van der Waals surface area contributed by atoms with E-state index in [4.69, 9.17) is 4.74 Å². The molecule has 1 fully saturated rings. The van der Waals surface area contributed by atoms with Gasteiger partial charge in [0.05, 0.1) is 0 Å². The van der Waals surface area contributed by atoms with Gasteiger partial charge >= 0.3 is 6.09 Å². The zero-order chi connectivity index (χ0) is 10.8. The van der Waals surface area contributed by atoms with Gasteiger partial charge in [0.2, 0.25) is 0 Å². The van der Waals surface area contributed by atoms with Crippen LogP contribution in [0.4, 0.5) is 4.79 Å². The van der Waals surface area contributed by atoms with Crippen LogP contribution in [0.5, 0.6) is 0 Å². The maximum atomic E-state index is 11.6. The predicted octanol–water partition coefficient (Wildman–Crippen LogP) is 1.33. The largest absolute Gasteiger partial charge is 0.444 e. The van der Waals surface area contributed by atoms with Crippen LogP contribution in [0.15, 0.2) is 0 Å². The summed E-state index contributed by atoms with van der Waals surface area (Å²) in [5.41, 5.74) is -0.394. The van der Waals surface area contributed by atoms with E-state index in [1.807, 2.05) is 20.8 Å². The Labute approximate surface area is 87.8 Å². The van der Waals surface area contributed by atoms with Gasteiger partial charge in [-0.15, -0.1) is 0 Å². The summed E-state index contributed by atoms with van der Waals surface area (Å²) in [6.07, 6.45) is -0.199. The first-order valence-corrected chi connectivity index (χ1v) is 5.38. The molecule has 1 saturated heterocycles. The summed E-state index contributed by atoms with van der Waals surface area (Å²) in [6.45, 7) is 8.94. The van der Waals surface area contributed by atoms with E-state index in [9.17, 15) is 4.79 Å². The van der Waals surface area contributed by atoms with Crippen LogP contribution in [0.25, 0.3) is 0 Å².